The first-order valence-corrected chi connectivity index (χ1v) is 20.1. The molecule has 0 saturated carbocycles. The Morgan fingerprint density at radius 3 is 2.44 bits per heavy atom. The fourth-order valence-corrected chi connectivity index (χ4v) is 6.97. The average molecular weight is 887 g/mol. The summed E-state index contributed by atoms with van der Waals surface area (Å²) in [7, 11) is 0. The Balaban J connectivity index is 1.34. The molecule has 0 saturated heterocycles. The maximum Gasteiger partial charge on any atom is 0.416 e. The highest BCUT2D eigenvalue weighted by Crippen LogP contribution is 2.38. The van der Waals surface area contributed by atoms with Crippen molar-refractivity contribution in [3.63, 3.8) is 0 Å². The summed E-state index contributed by atoms with van der Waals surface area (Å²) in [5, 5.41) is 9.61. The number of benzene rings is 3. The van der Waals surface area contributed by atoms with Crippen LogP contribution in [0.2, 0.25) is 5.02 Å². The molecule has 0 fully saturated rings. The summed E-state index contributed by atoms with van der Waals surface area (Å²) in [5.41, 5.74) is 0.206. The SMILES string of the molecule is CCc1c(-c2ccc(Oc3ncnc(C)c3OCc3ccccc3)cc2NC(=O)OC(C)(C)C)c(=O)n2nc(C3=CCOCC3)nc2n1CC(=O)Nc1ccc(C(F)(F)F)cc1Cl. The normalized spacial score (nSPS) is 13.1. The number of ether oxygens (including phenoxy) is 4. The summed E-state index contributed by atoms with van der Waals surface area (Å²) in [4.78, 5) is 55.4. The number of halogens is 4. The van der Waals surface area contributed by atoms with Crippen LogP contribution in [0.15, 0.2) is 83.9 Å². The largest absolute Gasteiger partial charge is 0.482 e. The van der Waals surface area contributed by atoms with Gasteiger partial charge in [0.2, 0.25) is 17.4 Å². The van der Waals surface area contributed by atoms with E-state index in [1.54, 1.807) is 52.8 Å². The Bertz CT molecular complexity index is 2790. The molecule has 0 spiro atoms. The minimum absolute atomic E-state index is 0.0143. The Kier molecular flexibility index (Phi) is 12.8. The molecule has 4 heterocycles. The molecule has 19 heteroatoms. The lowest BCUT2D eigenvalue weighted by Gasteiger charge is -2.22. The topological polar surface area (TPSA) is 173 Å². The van der Waals surface area contributed by atoms with Gasteiger partial charge in [-0.15, -0.1) is 5.10 Å². The standard InChI is InChI=1S/C44H42ClF3N8O7/c1-6-34-36(30-14-13-29(21-33(30)52-42(59)63-43(3,4)5)62-39-37(25(2)49-24-50-39)61-23-26-10-8-7-9-11-26)40(58)56-41(53-38(54-56)27-16-18-60-19-17-27)55(34)22-35(57)51-32-15-12-28(20-31(32)45)44(46,47)48/h7-16,20-21,24H,6,17-19,22-23H2,1-5H3,(H,51,57)(H,52,59). The van der Waals surface area contributed by atoms with Crippen molar-refractivity contribution < 1.29 is 41.7 Å². The van der Waals surface area contributed by atoms with Crippen LogP contribution in [0.3, 0.4) is 0 Å². The first-order chi connectivity index (χ1) is 30.0. The van der Waals surface area contributed by atoms with Crippen molar-refractivity contribution in [2.45, 2.75) is 72.4 Å². The Hall–Kier alpha value is -6.79. The summed E-state index contributed by atoms with van der Waals surface area (Å²) in [5.74, 6) is 0.111. The molecule has 0 radical (unpaired) electrons. The van der Waals surface area contributed by atoms with Crippen molar-refractivity contribution in [2.75, 3.05) is 23.8 Å². The van der Waals surface area contributed by atoms with E-state index in [4.69, 9.17) is 35.5 Å². The maximum absolute atomic E-state index is 14.8. The molecule has 2 amide bonds. The van der Waals surface area contributed by atoms with Crippen molar-refractivity contribution in [2.24, 2.45) is 0 Å². The maximum atomic E-state index is 14.8. The van der Waals surface area contributed by atoms with Gasteiger partial charge in [-0.25, -0.2) is 9.78 Å². The lowest BCUT2D eigenvalue weighted by Crippen LogP contribution is -2.30. The van der Waals surface area contributed by atoms with E-state index in [9.17, 15) is 27.6 Å². The number of carbonyl (C=O) groups is 2. The van der Waals surface area contributed by atoms with Crippen LogP contribution in [-0.2, 0) is 40.0 Å². The molecule has 3 aromatic carbocycles. The molecule has 15 nitrogen and oxygen atoms in total. The van der Waals surface area contributed by atoms with E-state index in [0.717, 1.165) is 27.8 Å². The van der Waals surface area contributed by atoms with Gasteiger partial charge in [0.25, 0.3) is 11.4 Å². The Morgan fingerprint density at radius 2 is 1.76 bits per heavy atom. The molecule has 328 valence electrons. The molecule has 0 unspecified atom stereocenters. The highest BCUT2D eigenvalue weighted by atomic mass is 35.5. The second-order valence-electron chi connectivity index (χ2n) is 15.3. The smallest absolute Gasteiger partial charge is 0.416 e. The minimum Gasteiger partial charge on any atom is -0.482 e. The molecule has 0 bridgehead atoms. The molecule has 6 aromatic rings. The molecule has 1 aliphatic rings. The molecule has 2 N–H and O–H groups in total. The summed E-state index contributed by atoms with van der Waals surface area (Å²) in [6, 6.07) is 16.7. The van der Waals surface area contributed by atoms with E-state index in [1.807, 2.05) is 30.3 Å². The van der Waals surface area contributed by atoms with Gasteiger partial charge in [0.05, 0.1) is 46.4 Å². The minimum atomic E-state index is -4.65. The van der Waals surface area contributed by atoms with Crippen molar-refractivity contribution in [1.29, 1.82) is 0 Å². The monoisotopic (exact) mass is 886 g/mol. The highest BCUT2D eigenvalue weighted by molar-refractivity contribution is 6.33. The van der Waals surface area contributed by atoms with Gasteiger partial charge in [0.1, 0.15) is 30.8 Å². The van der Waals surface area contributed by atoms with E-state index >= 15 is 0 Å². The predicted octanol–water partition coefficient (Wildman–Crippen LogP) is 9.05. The average Bonchev–Trinajstić information content (AvgIpc) is 3.69. The van der Waals surface area contributed by atoms with Crippen molar-refractivity contribution in [1.82, 2.24) is 29.1 Å². The van der Waals surface area contributed by atoms with E-state index in [1.165, 1.54) is 17.0 Å². The second kappa shape index (κ2) is 18.3. The summed E-state index contributed by atoms with van der Waals surface area (Å²) in [6.07, 6.45) is -1.76. The number of carbonyl (C=O) groups excluding carboxylic acids is 2. The van der Waals surface area contributed by atoms with Crippen molar-refractivity contribution >= 4 is 46.3 Å². The first kappa shape index (κ1) is 44.3. The lowest BCUT2D eigenvalue weighted by molar-refractivity contribution is -0.137. The van der Waals surface area contributed by atoms with Gasteiger partial charge in [0, 0.05) is 17.3 Å². The second-order valence-corrected chi connectivity index (χ2v) is 15.7. The number of nitrogens with one attached hydrogen (secondary N) is 2. The number of fused-ring (bicyclic) bond motifs is 1. The summed E-state index contributed by atoms with van der Waals surface area (Å²) < 4.78 is 66.2. The number of aryl methyl sites for hydroxylation is 1. The molecule has 1 aliphatic heterocycles. The van der Waals surface area contributed by atoms with Crippen LogP contribution in [0, 0.1) is 6.92 Å². The molecule has 0 atom stereocenters. The lowest BCUT2D eigenvalue weighted by atomic mass is 10.0. The number of hydrogen-bond donors (Lipinski definition) is 2. The summed E-state index contributed by atoms with van der Waals surface area (Å²) >= 11 is 6.20. The fraction of sp³-hybridized carbons (Fsp3) is 0.295. The molecule has 3 aromatic heterocycles. The van der Waals surface area contributed by atoms with Gasteiger partial charge in [-0.3, -0.25) is 14.9 Å². The van der Waals surface area contributed by atoms with Gasteiger partial charge in [-0.1, -0.05) is 54.9 Å². The number of alkyl halides is 3. The van der Waals surface area contributed by atoms with Crippen LogP contribution >= 0.6 is 11.6 Å². The van der Waals surface area contributed by atoms with Gasteiger partial charge < -0.3 is 28.8 Å². The van der Waals surface area contributed by atoms with Crippen LogP contribution in [0.5, 0.6) is 17.4 Å². The van der Waals surface area contributed by atoms with Gasteiger partial charge in [-0.2, -0.15) is 27.7 Å². The van der Waals surface area contributed by atoms with E-state index in [0.29, 0.717) is 37.1 Å². The van der Waals surface area contributed by atoms with Crippen LogP contribution < -0.4 is 25.7 Å². The number of anilines is 2. The number of hydrogen-bond acceptors (Lipinski definition) is 11. The fourth-order valence-electron chi connectivity index (χ4n) is 6.74. The van der Waals surface area contributed by atoms with E-state index in [-0.39, 0.29) is 69.5 Å². The van der Waals surface area contributed by atoms with Gasteiger partial charge in [0.15, 0.2) is 5.82 Å². The van der Waals surface area contributed by atoms with Crippen molar-refractivity contribution in [3.8, 4) is 28.5 Å². The van der Waals surface area contributed by atoms with Crippen LogP contribution in [-0.4, -0.2) is 59.9 Å². The third-order valence-corrected chi connectivity index (χ3v) is 9.91. The Morgan fingerprint density at radius 1 is 0.984 bits per heavy atom. The third-order valence-electron chi connectivity index (χ3n) is 9.60. The van der Waals surface area contributed by atoms with E-state index < -0.39 is 41.4 Å². The van der Waals surface area contributed by atoms with Crippen LogP contribution in [0.1, 0.15) is 62.5 Å². The number of nitrogens with zero attached hydrogens (tertiary/aromatic N) is 6. The molecule has 7 rings (SSSR count). The number of aromatic nitrogens is 6. The molecular weight excluding hydrogens is 845 g/mol. The zero-order chi connectivity index (χ0) is 45.1. The Labute approximate surface area is 363 Å². The van der Waals surface area contributed by atoms with Crippen molar-refractivity contribution in [3.05, 3.63) is 123 Å². The molecular formula is C44H42ClF3N8O7. The molecule has 63 heavy (non-hydrogen) atoms. The number of amides is 2. The number of rotatable bonds is 12. The first-order valence-electron chi connectivity index (χ1n) is 19.8. The zero-order valence-corrected chi connectivity index (χ0v) is 35.6. The molecule has 0 aliphatic carbocycles. The zero-order valence-electron chi connectivity index (χ0n) is 34.8. The highest BCUT2D eigenvalue weighted by Gasteiger charge is 2.31. The van der Waals surface area contributed by atoms with Gasteiger partial charge >= 0.3 is 12.3 Å². The van der Waals surface area contributed by atoms with Crippen LogP contribution in [0.4, 0.5) is 29.3 Å². The van der Waals surface area contributed by atoms with E-state index in [2.05, 4.69) is 25.7 Å². The van der Waals surface area contributed by atoms with Crippen LogP contribution in [0.25, 0.3) is 22.5 Å². The summed E-state index contributed by atoms with van der Waals surface area (Å²) in [6.45, 7) is 9.03. The third kappa shape index (κ3) is 10.3. The predicted molar refractivity (Wildman–Crippen MR) is 228 cm³/mol. The van der Waals surface area contributed by atoms with Gasteiger partial charge in [-0.05, 0) is 82.0 Å². The quantitative estimate of drug-likeness (QED) is 0.120.